The average molecular weight is 446 g/mol. The zero-order valence-electron chi connectivity index (χ0n) is 19.5. The molecule has 0 aliphatic carbocycles. The molecule has 2 aromatic heterocycles. The van der Waals surface area contributed by atoms with Gasteiger partial charge in [-0.1, -0.05) is 24.0 Å². The van der Waals surface area contributed by atoms with Gasteiger partial charge >= 0.3 is 0 Å². The normalized spacial score (nSPS) is 17.8. The largest absolute Gasteiger partial charge is 0.367 e. The standard InChI is InChI=1S/C26H31N5S/c1-6-31-26-23(24(29-31)22-11-7-8-14-27-22)25(32-17-19(3)28-26)21-13-12-20(16-18(21)2)10-9-15-30(4)5/h7-8,11-14,16,19,25,28H,6,15,17H2,1-5H3/t19-,25+/m0/s1. The highest BCUT2D eigenvalue weighted by atomic mass is 32.2. The Labute approximate surface area is 195 Å². The van der Waals surface area contributed by atoms with Crippen molar-refractivity contribution in [3.05, 3.63) is 64.8 Å². The monoisotopic (exact) mass is 445 g/mol. The topological polar surface area (TPSA) is 46.0 Å². The first-order valence-electron chi connectivity index (χ1n) is 11.1. The summed E-state index contributed by atoms with van der Waals surface area (Å²) in [5.74, 6) is 8.68. The van der Waals surface area contributed by atoms with E-state index in [4.69, 9.17) is 5.10 Å². The molecule has 2 atom stereocenters. The Balaban J connectivity index is 1.81. The second-order valence-corrected chi connectivity index (χ2v) is 9.65. The zero-order chi connectivity index (χ0) is 22.7. The molecule has 3 heterocycles. The summed E-state index contributed by atoms with van der Waals surface area (Å²) in [5, 5.41) is 8.90. The van der Waals surface area contributed by atoms with Crippen LogP contribution in [0, 0.1) is 18.8 Å². The number of benzene rings is 1. The predicted octanol–water partition coefficient (Wildman–Crippen LogP) is 4.82. The van der Waals surface area contributed by atoms with Crippen LogP contribution in [0.15, 0.2) is 42.6 Å². The van der Waals surface area contributed by atoms with Crippen molar-refractivity contribution >= 4 is 17.6 Å². The summed E-state index contributed by atoms with van der Waals surface area (Å²) < 4.78 is 2.09. The molecule has 1 aliphatic heterocycles. The van der Waals surface area contributed by atoms with Crippen LogP contribution in [-0.4, -0.2) is 52.1 Å². The lowest BCUT2D eigenvalue weighted by atomic mass is 9.96. The molecule has 0 saturated heterocycles. The van der Waals surface area contributed by atoms with Crippen LogP contribution in [0.1, 0.15) is 41.4 Å². The van der Waals surface area contributed by atoms with Crippen LogP contribution in [-0.2, 0) is 6.54 Å². The first-order valence-corrected chi connectivity index (χ1v) is 12.2. The van der Waals surface area contributed by atoms with E-state index < -0.39 is 0 Å². The van der Waals surface area contributed by atoms with Crippen molar-refractivity contribution in [3.63, 3.8) is 0 Å². The van der Waals surface area contributed by atoms with Gasteiger partial charge in [-0.25, -0.2) is 4.68 Å². The lowest BCUT2D eigenvalue weighted by Crippen LogP contribution is -2.19. The van der Waals surface area contributed by atoms with E-state index in [1.807, 2.05) is 44.2 Å². The third-order valence-electron chi connectivity index (χ3n) is 5.53. The fourth-order valence-electron chi connectivity index (χ4n) is 3.99. The van der Waals surface area contributed by atoms with Crippen LogP contribution in [0.2, 0.25) is 0 Å². The highest BCUT2D eigenvalue weighted by Gasteiger charge is 2.32. The van der Waals surface area contributed by atoms with Crippen molar-refractivity contribution < 1.29 is 0 Å². The maximum atomic E-state index is 4.99. The van der Waals surface area contributed by atoms with Crippen molar-refractivity contribution in [2.45, 2.75) is 38.6 Å². The Morgan fingerprint density at radius 2 is 2.09 bits per heavy atom. The number of rotatable bonds is 4. The molecule has 0 unspecified atom stereocenters. The number of hydrogen-bond donors (Lipinski definition) is 1. The van der Waals surface area contributed by atoms with Crippen LogP contribution in [0.3, 0.4) is 0 Å². The molecule has 0 bridgehead atoms. The van der Waals surface area contributed by atoms with E-state index in [-0.39, 0.29) is 5.25 Å². The molecule has 32 heavy (non-hydrogen) atoms. The maximum absolute atomic E-state index is 4.99. The number of nitrogens with zero attached hydrogens (tertiary/aromatic N) is 4. The third kappa shape index (κ3) is 4.69. The quantitative estimate of drug-likeness (QED) is 0.583. The van der Waals surface area contributed by atoms with Gasteiger partial charge in [0.25, 0.3) is 0 Å². The molecule has 0 spiro atoms. The fourth-order valence-corrected chi connectivity index (χ4v) is 5.39. The average Bonchev–Trinajstić information content (AvgIpc) is 3.04. The van der Waals surface area contributed by atoms with Gasteiger partial charge in [0.05, 0.1) is 17.5 Å². The summed E-state index contributed by atoms with van der Waals surface area (Å²) in [6.07, 6.45) is 1.84. The van der Waals surface area contributed by atoms with Gasteiger partial charge < -0.3 is 5.32 Å². The van der Waals surface area contributed by atoms with Gasteiger partial charge in [-0.3, -0.25) is 9.88 Å². The Morgan fingerprint density at radius 1 is 1.25 bits per heavy atom. The van der Waals surface area contributed by atoms with Crippen LogP contribution in [0.5, 0.6) is 0 Å². The summed E-state index contributed by atoms with van der Waals surface area (Å²) in [6, 6.07) is 13.0. The van der Waals surface area contributed by atoms with Crippen LogP contribution in [0.25, 0.3) is 11.4 Å². The highest BCUT2D eigenvalue weighted by Crippen LogP contribution is 2.47. The van der Waals surface area contributed by atoms with E-state index in [0.29, 0.717) is 6.04 Å². The number of pyridine rings is 1. The van der Waals surface area contributed by atoms with Crippen molar-refractivity contribution in [2.75, 3.05) is 31.7 Å². The summed E-state index contributed by atoms with van der Waals surface area (Å²) >= 11 is 1.98. The van der Waals surface area contributed by atoms with Crippen molar-refractivity contribution in [1.82, 2.24) is 19.7 Å². The Kier molecular flexibility index (Phi) is 6.88. The Morgan fingerprint density at radius 3 is 2.78 bits per heavy atom. The minimum Gasteiger partial charge on any atom is -0.367 e. The Bertz CT molecular complexity index is 1140. The fraction of sp³-hybridized carbons (Fsp3) is 0.385. The number of fused-ring (bicyclic) bond motifs is 1. The minimum absolute atomic E-state index is 0.184. The van der Waals surface area contributed by atoms with Crippen molar-refractivity contribution in [2.24, 2.45) is 0 Å². The molecule has 6 heteroatoms. The molecule has 0 amide bonds. The molecule has 0 saturated carbocycles. The molecule has 0 radical (unpaired) electrons. The van der Waals surface area contributed by atoms with Crippen LogP contribution >= 0.6 is 11.8 Å². The lowest BCUT2D eigenvalue weighted by molar-refractivity contribution is 0.464. The molecule has 1 aliphatic rings. The first kappa shape index (κ1) is 22.4. The molecule has 4 rings (SSSR count). The number of hydrogen-bond acceptors (Lipinski definition) is 5. The van der Waals surface area contributed by atoms with Gasteiger partial charge in [-0.15, -0.1) is 11.8 Å². The van der Waals surface area contributed by atoms with Gasteiger partial charge in [0.2, 0.25) is 0 Å². The summed E-state index contributed by atoms with van der Waals surface area (Å²) in [7, 11) is 4.07. The van der Waals surface area contributed by atoms with E-state index in [1.165, 1.54) is 16.7 Å². The van der Waals surface area contributed by atoms with Crippen LogP contribution < -0.4 is 5.32 Å². The van der Waals surface area contributed by atoms with E-state index in [1.54, 1.807) is 0 Å². The maximum Gasteiger partial charge on any atom is 0.129 e. The summed E-state index contributed by atoms with van der Waals surface area (Å²) in [4.78, 5) is 6.71. The predicted molar refractivity (Wildman–Crippen MR) is 135 cm³/mol. The third-order valence-corrected chi connectivity index (χ3v) is 7.05. The van der Waals surface area contributed by atoms with Crippen molar-refractivity contribution in [3.8, 4) is 23.2 Å². The number of anilines is 1. The number of aryl methyl sites for hydroxylation is 2. The number of aromatic nitrogens is 3. The number of nitrogens with one attached hydrogen (secondary N) is 1. The van der Waals surface area contributed by atoms with E-state index in [9.17, 15) is 0 Å². The molecule has 1 aromatic carbocycles. The second kappa shape index (κ2) is 9.81. The molecular weight excluding hydrogens is 414 g/mol. The highest BCUT2D eigenvalue weighted by molar-refractivity contribution is 7.99. The van der Waals surface area contributed by atoms with Gasteiger partial charge in [0, 0.05) is 35.7 Å². The van der Waals surface area contributed by atoms with E-state index >= 15 is 0 Å². The van der Waals surface area contributed by atoms with Crippen molar-refractivity contribution in [1.29, 1.82) is 0 Å². The minimum atomic E-state index is 0.184. The summed E-state index contributed by atoms with van der Waals surface area (Å²) in [6.45, 7) is 8.14. The first-order chi connectivity index (χ1) is 15.5. The second-order valence-electron chi connectivity index (χ2n) is 8.51. The molecule has 1 N–H and O–H groups in total. The Hall–Kier alpha value is -2.75. The molecule has 166 valence electrons. The molecular formula is C26H31N5S. The SMILES string of the molecule is CCn1nc(-c2ccccn2)c2c1N[C@@H](C)CS[C@@H]2c1ccc(C#CCN(C)C)cc1C. The summed E-state index contributed by atoms with van der Waals surface area (Å²) in [5.41, 5.74) is 6.76. The smallest absolute Gasteiger partial charge is 0.129 e. The van der Waals surface area contributed by atoms with E-state index in [2.05, 4.69) is 76.8 Å². The van der Waals surface area contributed by atoms with Gasteiger partial charge in [-0.05, 0) is 70.3 Å². The van der Waals surface area contributed by atoms with E-state index in [0.717, 1.165) is 41.6 Å². The molecule has 3 aromatic rings. The zero-order valence-corrected chi connectivity index (χ0v) is 20.3. The lowest BCUT2D eigenvalue weighted by Gasteiger charge is -2.19. The number of thioether (sulfide) groups is 1. The van der Waals surface area contributed by atoms with Crippen LogP contribution in [0.4, 0.5) is 5.82 Å². The van der Waals surface area contributed by atoms with Gasteiger partial charge in [-0.2, -0.15) is 5.10 Å². The van der Waals surface area contributed by atoms with Gasteiger partial charge in [0.1, 0.15) is 11.5 Å². The van der Waals surface area contributed by atoms with Gasteiger partial charge in [0.15, 0.2) is 0 Å². The molecule has 0 fully saturated rings. The molecule has 5 nitrogen and oxygen atoms in total.